The molecule has 0 saturated heterocycles. The maximum absolute atomic E-state index is 6.16. The van der Waals surface area contributed by atoms with E-state index in [-0.39, 0.29) is 0 Å². The molecule has 21 heavy (non-hydrogen) atoms. The zero-order valence-electron chi connectivity index (χ0n) is 11.4. The van der Waals surface area contributed by atoms with Crippen LogP contribution in [0.25, 0.3) is 43.8 Å². The van der Waals surface area contributed by atoms with E-state index < -0.39 is 0 Å². The first-order chi connectivity index (χ1) is 10.3. The van der Waals surface area contributed by atoms with Gasteiger partial charge in [0.05, 0.1) is 0 Å². The summed E-state index contributed by atoms with van der Waals surface area (Å²) in [5.41, 5.74) is 6.10. The predicted octanol–water partition coefficient (Wildman–Crippen LogP) is 4.43. The summed E-state index contributed by atoms with van der Waals surface area (Å²) in [6.45, 7) is 0. The van der Waals surface area contributed by atoms with Crippen LogP contribution in [0.5, 0.6) is 0 Å². The number of rotatable bonds is 0. The van der Waals surface area contributed by atoms with Gasteiger partial charge < -0.3 is 0 Å². The highest BCUT2D eigenvalue weighted by molar-refractivity contribution is 6.40. The fourth-order valence-corrected chi connectivity index (χ4v) is 3.56. The maximum Gasteiger partial charge on any atom is 0.114 e. The van der Waals surface area contributed by atoms with Crippen molar-refractivity contribution in [2.45, 2.75) is 0 Å². The molecule has 0 fully saturated rings. The Morgan fingerprint density at radius 3 is 1.95 bits per heavy atom. The van der Waals surface area contributed by atoms with Crippen LogP contribution < -0.4 is 5.46 Å². The van der Waals surface area contributed by atoms with Crippen molar-refractivity contribution in [3.8, 4) is 22.3 Å². The zero-order chi connectivity index (χ0) is 14.0. The first-order valence-electron chi connectivity index (χ1n) is 7.18. The van der Waals surface area contributed by atoms with Crippen LogP contribution in [0.3, 0.4) is 0 Å². The van der Waals surface area contributed by atoms with Crippen molar-refractivity contribution >= 4 is 34.9 Å². The monoisotopic (exact) mass is 262 g/mol. The van der Waals surface area contributed by atoms with Gasteiger partial charge in [0.2, 0.25) is 0 Å². The highest BCUT2D eigenvalue weighted by Crippen LogP contribution is 2.47. The van der Waals surface area contributed by atoms with Gasteiger partial charge >= 0.3 is 0 Å². The summed E-state index contributed by atoms with van der Waals surface area (Å²) >= 11 is 0. The van der Waals surface area contributed by atoms with E-state index in [2.05, 4.69) is 60.7 Å². The van der Waals surface area contributed by atoms with E-state index in [9.17, 15) is 0 Å². The second kappa shape index (κ2) is 3.76. The molecule has 0 unspecified atom stereocenters. The van der Waals surface area contributed by atoms with E-state index in [0.29, 0.717) is 0 Å². The number of hydrogen-bond acceptors (Lipinski definition) is 0. The number of benzene rings is 4. The summed E-state index contributed by atoms with van der Waals surface area (Å²) in [7, 11) is 6.16. The molecule has 0 saturated carbocycles. The molecule has 0 spiro atoms. The highest BCUT2D eigenvalue weighted by Gasteiger charge is 2.21. The Bertz CT molecular complexity index is 995. The summed E-state index contributed by atoms with van der Waals surface area (Å²) in [5, 5.41) is 5.02. The molecule has 0 aromatic heterocycles. The third-order valence-electron chi connectivity index (χ3n) is 4.54. The van der Waals surface area contributed by atoms with E-state index in [1.165, 1.54) is 38.4 Å². The van der Waals surface area contributed by atoms with E-state index in [0.717, 1.165) is 10.8 Å². The lowest BCUT2D eigenvalue weighted by molar-refractivity contribution is 1.73. The standard InChI is InChI=1S/C20H11B/c21-19-9-8-15-18-11-13-5-2-1-4-12(13)10-17(18)14-6-3-7-16(19)20(14)15/h1-11H. The fraction of sp³-hybridized carbons (Fsp3) is 0. The van der Waals surface area contributed by atoms with Gasteiger partial charge in [-0.1, -0.05) is 60.1 Å². The van der Waals surface area contributed by atoms with Crippen molar-refractivity contribution in [2.24, 2.45) is 0 Å². The lowest BCUT2D eigenvalue weighted by Gasteiger charge is -2.05. The molecular formula is C20H11B. The number of hydrogen-bond donors (Lipinski definition) is 0. The minimum Gasteiger partial charge on any atom is -0.0889 e. The maximum atomic E-state index is 6.16. The van der Waals surface area contributed by atoms with Crippen molar-refractivity contribution in [3.63, 3.8) is 0 Å². The van der Waals surface area contributed by atoms with Crippen molar-refractivity contribution in [1.82, 2.24) is 0 Å². The third-order valence-corrected chi connectivity index (χ3v) is 4.54. The highest BCUT2D eigenvalue weighted by atomic mass is 14.2. The van der Waals surface area contributed by atoms with Crippen molar-refractivity contribution in [2.75, 3.05) is 0 Å². The first-order valence-corrected chi connectivity index (χ1v) is 7.18. The van der Waals surface area contributed by atoms with Gasteiger partial charge in [-0.3, -0.25) is 0 Å². The Hall–Kier alpha value is -2.54. The van der Waals surface area contributed by atoms with Crippen LogP contribution in [0.1, 0.15) is 0 Å². The minimum absolute atomic E-state index is 0.855. The molecule has 0 aliphatic heterocycles. The van der Waals surface area contributed by atoms with Crippen LogP contribution in [-0.2, 0) is 0 Å². The van der Waals surface area contributed by atoms with Crippen molar-refractivity contribution in [3.05, 3.63) is 66.7 Å². The summed E-state index contributed by atoms with van der Waals surface area (Å²) in [6.07, 6.45) is 0. The third kappa shape index (κ3) is 1.36. The molecule has 1 aliphatic carbocycles. The SMILES string of the molecule is [B]c1ccc2c3c(cccc13)-c1cc3ccccc3cc1-2. The Morgan fingerprint density at radius 1 is 0.571 bits per heavy atom. The Labute approximate surface area is 124 Å². The molecule has 0 heterocycles. The van der Waals surface area contributed by atoms with Crippen LogP contribution in [0.15, 0.2) is 66.7 Å². The summed E-state index contributed by atoms with van der Waals surface area (Å²) in [4.78, 5) is 0. The van der Waals surface area contributed by atoms with Gasteiger partial charge in [0.1, 0.15) is 7.85 Å². The fourth-order valence-electron chi connectivity index (χ4n) is 3.56. The molecule has 0 amide bonds. The first kappa shape index (κ1) is 11.2. The lowest BCUT2D eigenvalue weighted by Crippen LogP contribution is -2.02. The summed E-state index contributed by atoms with van der Waals surface area (Å²) in [6, 6.07) is 23.7. The summed E-state index contributed by atoms with van der Waals surface area (Å²) in [5.74, 6) is 0. The largest absolute Gasteiger partial charge is 0.114 e. The quantitative estimate of drug-likeness (QED) is 0.362. The molecule has 0 atom stereocenters. The number of fused-ring (bicyclic) bond motifs is 4. The Morgan fingerprint density at radius 2 is 1.24 bits per heavy atom. The van der Waals surface area contributed by atoms with Gasteiger partial charge in [-0.05, 0) is 55.9 Å². The van der Waals surface area contributed by atoms with Gasteiger partial charge in [-0.15, -0.1) is 0 Å². The average Bonchev–Trinajstić information content (AvgIpc) is 2.84. The van der Waals surface area contributed by atoms with Crippen molar-refractivity contribution in [1.29, 1.82) is 0 Å². The zero-order valence-corrected chi connectivity index (χ0v) is 11.4. The second-order valence-corrected chi connectivity index (χ2v) is 5.68. The van der Waals surface area contributed by atoms with Gasteiger partial charge in [0, 0.05) is 0 Å². The second-order valence-electron chi connectivity index (χ2n) is 5.68. The molecule has 1 heteroatoms. The van der Waals surface area contributed by atoms with Crippen LogP contribution in [0, 0.1) is 0 Å². The summed E-state index contributed by atoms with van der Waals surface area (Å²) < 4.78 is 0. The van der Waals surface area contributed by atoms with Gasteiger partial charge in [-0.2, -0.15) is 0 Å². The molecular weight excluding hydrogens is 251 g/mol. The molecule has 1 aliphatic rings. The molecule has 0 nitrogen and oxygen atoms in total. The molecule has 0 bridgehead atoms. The van der Waals surface area contributed by atoms with E-state index >= 15 is 0 Å². The smallest absolute Gasteiger partial charge is 0.0889 e. The van der Waals surface area contributed by atoms with Gasteiger partial charge in [-0.25, -0.2) is 0 Å². The van der Waals surface area contributed by atoms with E-state index in [4.69, 9.17) is 7.85 Å². The van der Waals surface area contributed by atoms with Crippen molar-refractivity contribution < 1.29 is 0 Å². The van der Waals surface area contributed by atoms with Gasteiger partial charge in [0.25, 0.3) is 0 Å². The molecule has 94 valence electrons. The average molecular weight is 262 g/mol. The molecule has 0 N–H and O–H groups in total. The van der Waals surface area contributed by atoms with E-state index in [1.54, 1.807) is 0 Å². The van der Waals surface area contributed by atoms with Gasteiger partial charge in [0.15, 0.2) is 0 Å². The molecule has 4 aromatic carbocycles. The molecule has 5 rings (SSSR count). The lowest BCUT2D eigenvalue weighted by atomic mass is 9.88. The normalized spacial score (nSPS) is 12.0. The van der Waals surface area contributed by atoms with E-state index in [1.807, 2.05) is 6.07 Å². The topological polar surface area (TPSA) is 0 Å². The minimum atomic E-state index is 0.855. The van der Waals surface area contributed by atoms with Crippen LogP contribution in [-0.4, -0.2) is 7.85 Å². The Balaban J connectivity index is 2.01. The van der Waals surface area contributed by atoms with Crippen LogP contribution >= 0.6 is 0 Å². The molecule has 4 aromatic rings. The molecule has 2 radical (unpaired) electrons. The Kier molecular flexibility index (Phi) is 2.00. The van der Waals surface area contributed by atoms with Crippen LogP contribution in [0.2, 0.25) is 0 Å². The van der Waals surface area contributed by atoms with Crippen LogP contribution in [0.4, 0.5) is 0 Å². The predicted molar refractivity (Wildman–Crippen MR) is 91.3 cm³/mol.